The van der Waals surface area contributed by atoms with Gasteiger partial charge >= 0.3 is 0 Å². The Morgan fingerprint density at radius 2 is 1.84 bits per heavy atom. The highest BCUT2D eigenvalue weighted by molar-refractivity contribution is 6.15. The summed E-state index contributed by atoms with van der Waals surface area (Å²) in [4.78, 5) is 49.4. The van der Waals surface area contributed by atoms with Gasteiger partial charge in [-0.15, -0.1) is 0 Å². The van der Waals surface area contributed by atoms with Crippen molar-refractivity contribution in [1.82, 2.24) is 19.5 Å². The molecule has 0 unspecified atom stereocenters. The second-order valence-corrected chi connectivity index (χ2v) is 7.97. The van der Waals surface area contributed by atoms with E-state index >= 15 is 0 Å². The molecule has 0 bridgehead atoms. The summed E-state index contributed by atoms with van der Waals surface area (Å²) in [6.07, 6.45) is 9.12. The Bertz CT molecular complexity index is 1320. The van der Waals surface area contributed by atoms with Crippen LogP contribution < -0.4 is 0 Å². The molecule has 4 aromatic rings. The molecule has 1 aromatic carbocycles. The third kappa shape index (κ3) is 4.37. The molecule has 0 N–H and O–H groups in total. The van der Waals surface area contributed by atoms with E-state index in [0.29, 0.717) is 33.3 Å². The Morgan fingerprint density at radius 3 is 2.62 bits per heavy atom. The molecule has 32 heavy (non-hydrogen) atoms. The smallest absolute Gasteiger partial charge is 0.196 e. The first-order chi connectivity index (χ1) is 15.5. The number of ketones is 2. The Morgan fingerprint density at radius 1 is 1.03 bits per heavy atom. The zero-order chi connectivity index (χ0) is 22.7. The van der Waals surface area contributed by atoms with Crippen LogP contribution >= 0.6 is 0 Å². The zero-order valence-corrected chi connectivity index (χ0v) is 17.9. The van der Waals surface area contributed by atoms with Crippen LogP contribution in [0.3, 0.4) is 0 Å². The minimum atomic E-state index is -0.190. The van der Waals surface area contributed by atoms with E-state index in [1.807, 2.05) is 24.5 Å². The van der Waals surface area contributed by atoms with Crippen molar-refractivity contribution in [3.05, 3.63) is 89.3 Å². The number of fused-ring (bicyclic) bond motifs is 1. The van der Waals surface area contributed by atoms with Crippen LogP contribution in [-0.2, 0) is 17.6 Å². The van der Waals surface area contributed by atoms with E-state index < -0.39 is 0 Å². The minimum absolute atomic E-state index is 0.0238. The molecule has 4 rings (SSSR count). The van der Waals surface area contributed by atoms with Crippen LogP contribution in [-0.4, -0.2) is 37.4 Å². The average Bonchev–Trinajstić information content (AvgIpc) is 3.19. The Labute approximate surface area is 185 Å². The molecular weight excluding hydrogens is 404 g/mol. The van der Waals surface area contributed by atoms with Crippen molar-refractivity contribution in [1.29, 1.82) is 0 Å². The molecule has 0 aliphatic carbocycles. The van der Waals surface area contributed by atoms with Gasteiger partial charge in [0.1, 0.15) is 24.0 Å². The second kappa shape index (κ2) is 9.01. The number of rotatable bonds is 8. The number of carbonyl (C=O) groups excluding carboxylic acids is 3. The van der Waals surface area contributed by atoms with Crippen LogP contribution in [0.2, 0.25) is 0 Å². The van der Waals surface area contributed by atoms with Gasteiger partial charge in [0.25, 0.3) is 0 Å². The van der Waals surface area contributed by atoms with Gasteiger partial charge in [-0.2, -0.15) is 0 Å². The van der Waals surface area contributed by atoms with Gasteiger partial charge in [0.05, 0.1) is 5.56 Å². The maximum Gasteiger partial charge on any atom is 0.196 e. The van der Waals surface area contributed by atoms with Gasteiger partial charge in [0.2, 0.25) is 0 Å². The van der Waals surface area contributed by atoms with E-state index in [1.54, 1.807) is 42.9 Å². The van der Waals surface area contributed by atoms with Crippen molar-refractivity contribution >= 4 is 28.9 Å². The SMILES string of the molecule is CC(C)n1cc(C(=O)c2cncc(CC(=O)Cc3cccc(C=O)c3)c2)c2cncnc21. The van der Waals surface area contributed by atoms with Gasteiger partial charge in [-0.25, -0.2) is 9.97 Å². The summed E-state index contributed by atoms with van der Waals surface area (Å²) < 4.78 is 1.94. The molecule has 7 nitrogen and oxygen atoms in total. The van der Waals surface area contributed by atoms with Crippen LogP contribution in [0.15, 0.2) is 61.4 Å². The van der Waals surface area contributed by atoms with E-state index in [2.05, 4.69) is 15.0 Å². The number of aldehydes is 1. The van der Waals surface area contributed by atoms with Crippen molar-refractivity contribution in [3.8, 4) is 0 Å². The molecule has 0 radical (unpaired) electrons. The number of Topliss-reactive ketones (excluding diaryl/α,β-unsaturated/α-hetero) is 1. The molecule has 3 aromatic heterocycles. The largest absolute Gasteiger partial charge is 0.329 e. The average molecular weight is 426 g/mol. The van der Waals surface area contributed by atoms with Crippen LogP contribution in [0, 0.1) is 0 Å². The van der Waals surface area contributed by atoms with E-state index in [1.165, 1.54) is 12.5 Å². The summed E-state index contributed by atoms with van der Waals surface area (Å²) in [7, 11) is 0. The van der Waals surface area contributed by atoms with Crippen LogP contribution in [0.25, 0.3) is 11.0 Å². The molecule has 7 heteroatoms. The molecule has 0 saturated carbocycles. The summed E-state index contributed by atoms with van der Waals surface area (Å²) in [5, 5.41) is 0.683. The molecule has 0 amide bonds. The third-order valence-electron chi connectivity index (χ3n) is 5.24. The molecular formula is C25H22N4O3. The van der Waals surface area contributed by atoms with Gasteiger partial charge in [-0.3, -0.25) is 19.4 Å². The molecule has 0 fully saturated rings. The summed E-state index contributed by atoms with van der Waals surface area (Å²) in [5.74, 6) is -0.214. The predicted molar refractivity (Wildman–Crippen MR) is 120 cm³/mol. The fourth-order valence-corrected chi connectivity index (χ4v) is 3.72. The van der Waals surface area contributed by atoms with Crippen molar-refractivity contribution in [2.24, 2.45) is 0 Å². The van der Waals surface area contributed by atoms with E-state index in [-0.39, 0.29) is 30.4 Å². The molecule has 0 spiro atoms. The van der Waals surface area contributed by atoms with Crippen molar-refractivity contribution in [2.45, 2.75) is 32.7 Å². The number of nitrogens with zero attached hydrogens (tertiary/aromatic N) is 4. The summed E-state index contributed by atoms with van der Waals surface area (Å²) in [6, 6.07) is 8.81. The van der Waals surface area contributed by atoms with E-state index in [4.69, 9.17) is 0 Å². The van der Waals surface area contributed by atoms with Gasteiger partial charge in [0.15, 0.2) is 5.78 Å². The van der Waals surface area contributed by atoms with Gasteiger partial charge in [-0.1, -0.05) is 18.2 Å². The number of aromatic nitrogens is 4. The van der Waals surface area contributed by atoms with E-state index in [0.717, 1.165) is 11.8 Å². The predicted octanol–water partition coefficient (Wildman–Crippen LogP) is 3.81. The molecule has 0 atom stereocenters. The van der Waals surface area contributed by atoms with Crippen LogP contribution in [0.1, 0.15) is 57.3 Å². The van der Waals surface area contributed by atoms with Crippen molar-refractivity contribution in [2.75, 3.05) is 0 Å². The standard InChI is InChI=1S/C25H22N4O3/c1-16(2)29-13-23(22-12-27-15-28-25(22)29)24(32)20-7-19(10-26-11-20)9-21(31)8-17-4-3-5-18(6-17)14-30/h3-7,10-16H,8-9H2,1-2H3. The first-order valence-corrected chi connectivity index (χ1v) is 10.3. The number of pyridine rings is 1. The highest BCUT2D eigenvalue weighted by Gasteiger charge is 2.20. The monoisotopic (exact) mass is 426 g/mol. The van der Waals surface area contributed by atoms with Gasteiger partial charge < -0.3 is 4.57 Å². The molecule has 0 aliphatic rings. The maximum atomic E-state index is 13.3. The molecule has 3 heterocycles. The number of hydrogen-bond donors (Lipinski definition) is 0. The number of benzene rings is 1. The van der Waals surface area contributed by atoms with E-state index in [9.17, 15) is 14.4 Å². The minimum Gasteiger partial charge on any atom is -0.329 e. The number of hydrogen-bond acceptors (Lipinski definition) is 6. The highest BCUT2D eigenvalue weighted by atomic mass is 16.1. The summed E-state index contributed by atoms with van der Waals surface area (Å²) >= 11 is 0. The van der Waals surface area contributed by atoms with Crippen LogP contribution in [0.5, 0.6) is 0 Å². The Kier molecular flexibility index (Phi) is 5.98. The van der Waals surface area contributed by atoms with Crippen molar-refractivity contribution < 1.29 is 14.4 Å². The maximum absolute atomic E-state index is 13.3. The summed E-state index contributed by atoms with van der Waals surface area (Å²) in [5.41, 5.74) is 3.59. The Hall–Kier alpha value is -4.00. The lowest BCUT2D eigenvalue weighted by molar-refractivity contribution is -0.117. The van der Waals surface area contributed by atoms with Gasteiger partial charge in [-0.05, 0) is 37.1 Å². The lowest BCUT2D eigenvalue weighted by atomic mass is 10.00. The highest BCUT2D eigenvalue weighted by Crippen LogP contribution is 2.24. The molecule has 160 valence electrons. The molecule has 0 saturated heterocycles. The fourth-order valence-electron chi connectivity index (χ4n) is 3.72. The Balaban J connectivity index is 1.57. The zero-order valence-electron chi connectivity index (χ0n) is 17.9. The normalized spacial score (nSPS) is 11.1. The lowest BCUT2D eigenvalue weighted by Crippen LogP contribution is -2.09. The first kappa shape index (κ1) is 21.2. The first-order valence-electron chi connectivity index (χ1n) is 10.3. The fraction of sp³-hybridized carbons (Fsp3) is 0.200. The topological polar surface area (TPSA) is 94.8 Å². The van der Waals surface area contributed by atoms with Gasteiger partial charge in [0, 0.05) is 60.2 Å². The molecule has 0 aliphatic heterocycles. The summed E-state index contributed by atoms with van der Waals surface area (Å²) in [6.45, 7) is 4.04. The van der Waals surface area contributed by atoms with Crippen LogP contribution in [0.4, 0.5) is 0 Å². The number of carbonyl (C=O) groups is 3. The third-order valence-corrected chi connectivity index (χ3v) is 5.24. The second-order valence-electron chi connectivity index (χ2n) is 7.97. The van der Waals surface area contributed by atoms with Crippen molar-refractivity contribution in [3.63, 3.8) is 0 Å². The quantitative estimate of drug-likeness (QED) is 0.314. The lowest BCUT2D eigenvalue weighted by Gasteiger charge is -2.07.